The maximum absolute atomic E-state index is 13.0. The number of nitrogens with zero attached hydrogens (tertiary/aromatic N) is 1. The van der Waals surface area contributed by atoms with Crippen LogP contribution in [0.3, 0.4) is 0 Å². The molecule has 0 saturated carbocycles. The fraction of sp³-hybridized carbons (Fsp3) is 0.636. The van der Waals surface area contributed by atoms with Gasteiger partial charge in [0.2, 0.25) is 5.91 Å². The zero-order valence-electron chi connectivity index (χ0n) is 17.2. The van der Waals surface area contributed by atoms with E-state index in [4.69, 9.17) is 0 Å². The van der Waals surface area contributed by atoms with Crippen LogP contribution in [-0.4, -0.2) is 59.1 Å². The van der Waals surface area contributed by atoms with Crippen molar-refractivity contribution in [3.8, 4) is 0 Å². The number of fused-ring (bicyclic) bond motifs is 1. The number of nitrogens with one attached hydrogen (secondary N) is 3. The van der Waals surface area contributed by atoms with E-state index in [-0.39, 0.29) is 35.9 Å². The average Bonchev–Trinajstić information content (AvgIpc) is 3.28. The van der Waals surface area contributed by atoms with Gasteiger partial charge in [-0.3, -0.25) is 9.69 Å². The van der Waals surface area contributed by atoms with Gasteiger partial charge in [0.25, 0.3) is 0 Å². The van der Waals surface area contributed by atoms with Crippen LogP contribution in [0.5, 0.6) is 0 Å². The standard InChI is InChI=1S/C22H31FN4O2S/c23-16-7-5-15(6-8-16)13-27-11-9-17(10-12-27)24-20(28)4-2-1-3-19-21-18(14-30-19)25-22(29)26-21/h5-8,17-19,21H,1-4,9-14H2,(H,24,28)(H2,25,26,29). The van der Waals surface area contributed by atoms with E-state index in [0.29, 0.717) is 11.7 Å². The van der Waals surface area contributed by atoms with Crippen LogP contribution in [0.25, 0.3) is 0 Å². The van der Waals surface area contributed by atoms with Crippen LogP contribution >= 0.6 is 11.8 Å². The Kier molecular flexibility index (Phi) is 7.15. The van der Waals surface area contributed by atoms with Crippen LogP contribution in [0.2, 0.25) is 0 Å². The topological polar surface area (TPSA) is 73.5 Å². The van der Waals surface area contributed by atoms with Gasteiger partial charge in [-0.25, -0.2) is 9.18 Å². The molecule has 0 spiro atoms. The third-order valence-electron chi connectivity index (χ3n) is 6.35. The van der Waals surface area contributed by atoms with Gasteiger partial charge >= 0.3 is 6.03 Å². The number of urea groups is 1. The molecule has 0 aromatic heterocycles. The molecule has 3 atom stereocenters. The number of carbonyl (C=O) groups excluding carboxylic acids is 2. The largest absolute Gasteiger partial charge is 0.353 e. The quantitative estimate of drug-likeness (QED) is 0.434. The van der Waals surface area contributed by atoms with Gasteiger partial charge < -0.3 is 16.0 Å². The fourth-order valence-electron chi connectivity index (χ4n) is 4.66. The molecule has 3 aliphatic rings. The van der Waals surface area contributed by atoms with E-state index in [9.17, 15) is 14.0 Å². The lowest BCUT2D eigenvalue weighted by molar-refractivity contribution is -0.122. The van der Waals surface area contributed by atoms with Crippen molar-refractivity contribution in [2.45, 2.75) is 68.4 Å². The number of unbranched alkanes of at least 4 members (excludes halogenated alkanes) is 1. The first-order valence-corrected chi connectivity index (χ1v) is 12.1. The molecule has 0 aliphatic carbocycles. The summed E-state index contributed by atoms with van der Waals surface area (Å²) in [6.45, 7) is 2.73. The zero-order valence-corrected chi connectivity index (χ0v) is 18.1. The van der Waals surface area contributed by atoms with Crippen molar-refractivity contribution >= 4 is 23.7 Å². The number of rotatable bonds is 8. The third-order valence-corrected chi connectivity index (χ3v) is 7.86. The molecule has 164 valence electrons. The van der Waals surface area contributed by atoms with Crippen molar-refractivity contribution in [3.05, 3.63) is 35.6 Å². The van der Waals surface area contributed by atoms with Crippen LogP contribution in [0.15, 0.2) is 24.3 Å². The predicted octanol–water partition coefficient (Wildman–Crippen LogP) is 2.63. The Balaban J connectivity index is 1.08. The van der Waals surface area contributed by atoms with E-state index < -0.39 is 0 Å². The fourth-order valence-corrected chi connectivity index (χ4v) is 6.20. The minimum Gasteiger partial charge on any atom is -0.353 e. The Labute approximate surface area is 181 Å². The summed E-state index contributed by atoms with van der Waals surface area (Å²) in [6, 6.07) is 7.42. The van der Waals surface area contributed by atoms with E-state index in [1.165, 1.54) is 12.1 Å². The minimum absolute atomic E-state index is 0.0432. The maximum atomic E-state index is 13.0. The summed E-state index contributed by atoms with van der Waals surface area (Å²) in [5.74, 6) is 0.933. The Morgan fingerprint density at radius 3 is 2.70 bits per heavy atom. The summed E-state index contributed by atoms with van der Waals surface area (Å²) in [5.41, 5.74) is 1.12. The first-order valence-electron chi connectivity index (χ1n) is 11.0. The number of carbonyl (C=O) groups is 2. The summed E-state index contributed by atoms with van der Waals surface area (Å²) in [7, 11) is 0. The summed E-state index contributed by atoms with van der Waals surface area (Å²) >= 11 is 1.92. The molecule has 3 aliphatic heterocycles. The minimum atomic E-state index is -0.200. The highest BCUT2D eigenvalue weighted by Crippen LogP contribution is 2.33. The number of benzene rings is 1. The van der Waals surface area contributed by atoms with Crippen molar-refractivity contribution in [1.29, 1.82) is 0 Å². The molecule has 8 heteroatoms. The normalized spacial score (nSPS) is 26.8. The molecule has 0 radical (unpaired) electrons. The number of halogens is 1. The summed E-state index contributed by atoms with van der Waals surface area (Å²) in [5, 5.41) is 9.64. The van der Waals surface area contributed by atoms with Gasteiger partial charge in [-0.2, -0.15) is 11.8 Å². The van der Waals surface area contributed by atoms with Gasteiger partial charge in [0.05, 0.1) is 12.1 Å². The van der Waals surface area contributed by atoms with Gasteiger partial charge in [0.15, 0.2) is 0 Å². The van der Waals surface area contributed by atoms with Crippen LogP contribution in [0.1, 0.15) is 44.1 Å². The molecule has 3 amide bonds. The molecule has 1 aromatic rings. The molecule has 3 heterocycles. The smallest absolute Gasteiger partial charge is 0.315 e. The van der Waals surface area contributed by atoms with Crippen LogP contribution < -0.4 is 16.0 Å². The second-order valence-corrected chi connectivity index (χ2v) is 9.88. The van der Waals surface area contributed by atoms with Gasteiger partial charge in [-0.15, -0.1) is 0 Å². The van der Waals surface area contributed by atoms with Gasteiger partial charge in [0.1, 0.15) is 5.82 Å². The number of hydrogen-bond acceptors (Lipinski definition) is 4. The van der Waals surface area contributed by atoms with Crippen molar-refractivity contribution in [2.24, 2.45) is 0 Å². The molecule has 6 nitrogen and oxygen atoms in total. The molecule has 30 heavy (non-hydrogen) atoms. The Hall–Kier alpha value is -1.80. The lowest BCUT2D eigenvalue weighted by Crippen LogP contribution is -2.44. The van der Waals surface area contributed by atoms with Crippen molar-refractivity contribution in [1.82, 2.24) is 20.9 Å². The van der Waals surface area contributed by atoms with E-state index in [0.717, 1.165) is 63.1 Å². The molecule has 3 N–H and O–H groups in total. The number of amides is 3. The molecule has 3 saturated heterocycles. The first kappa shape index (κ1) is 21.4. The SMILES string of the molecule is O=C(CCCCC1SCC2NC(=O)NC21)NC1CCN(Cc2ccc(F)cc2)CC1. The van der Waals surface area contributed by atoms with Crippen LogP contribution in [-0.2, 0) is 11.3 Å². The number of hydrogen-bond donors (Lipinski definition) is 3. The molecule has 0 bridgehead atoms. The van der Waals surface area contributed by atoms with E-state index in [1.807, 2.05) is 23.9 Å². The van der Waals surface area contributed by atoms with Crippen molar-refractivity contribution < 1.29 is 14.0 Å². The first-order chi connectivity index (χ1) is 14.6. The highest BCUT2D eigenvalue weighted by Gasteiger charge is 2.42. The summed E-state index contributed by atoms with van der Waals surface area (Å²) < 4.78 is 13.0. The molecule has 3 fully saturated rings. The van der Waals surface area contributed by atoms with E-state index >= 15 is 0 Å². The molecule has 4 rings (SSSR count). The number of piperidine rings is 1. The molecular weight excluding hydrogens is 403 g/mol. The van der Waals surface area contributed by atoms with Crippen molar-refractivity contribution in [3.63, 3.8) is 0 Å². The monoisotopic (exact) mass is 434 g/mol. The van der Waals surface area contributed by atoms with Gasteiger partial charge in [-0.1, -0.05) is 18.6 Å². The number of thioether (sulfide) groups is 1. The average molecular weight is 435 g/mol. The maximum Gasteiger partial charge on any atom is 0.315 e. The zero-order chi connectivity index (χ0) is 20.9. The lowest BCUT2D eigenvalue weighted by Gasteiger charge is -2.32. The second kappa shape index (κ2) is 10.0. The van der Waals surface area contributed by atoms with Crippen molar-refractivity contribution in [2.75, 3.05) is 18.8 Å². The predicted molar refractivity (Wildman–Crippen MR) is 117 cm³/mol. The molecular formula is C22H31FN4O2S. The van der Waals surface area contributed by atoms with E-state index in [2.05, 4.69) is 20.9 Å². The van der Waals surface area contributed by atoms with Crippen LogP contribution in [0, 0.1) is 5.82 Å². The van der Waals surface area contributed by atoms with E-state index in [1.54, 1.807) is 0 Å². The summed E-state index contributed by atoms with van der Waals surface area (Å²) in [6.07, 6.45) is 5.45. The lowest BCUT2D eigenvalue weighted by atomic mass is 10.0. The van der Waals surface area contributed by atoms with Gasteiger partial charge in [-0.05, 0) is 43.4 Å². The Morgan fingerprint density at radius 2 is 1.93 bits per heavy atom. The number of likely N-dealkylation sites (tertiary alicyclic amines) is 1. The highest BCUT2D eigenvalue weighted by atomic mass is 32.2. The highest BCUT2D eigenvalue weighted by molar-refractivity contribution is 8.00. The third kappa shape index (κ3) is 5.66. The Morgan fingerprint density at radius 1 is 1.17 bits per heavy atom. The molecule has 3 unspecified atom stereocenters. The molecule has 1 aromatic carbocycles. The summed E-state index contributed by atoms with van der Waals surface area (Å²) in [4.78, 5) is 26.1. The Bertz CT molecular complexity index is 739. The van der Waals surface area contributed by atoms with Gasteiger partial charge in [0, 0.05) is 43.1 Å². The van der Waals surface area contributed by atoms with Crippen LogP contribution in [0.4, 0.5) is 9.18 Å². The second-order valence-electron chi connectivity index (χ2n) is 8.61.